The number of hydrogen-bond donors (Lipinski definition) is 2. The molecule has 1 atom stereocenters. The van der Waals surface area contributed by atoms with Crippen LogP contribution in [0.3, 0.4) is 0 Å². The van der Waals surface area contributed by atoms with Crippen LogP contribution in [0.4, 0.5) is 0 Å². The van der Waals surface area contributed by atoms with Crippen molar-refractivity contribution in [3.05, 3.63) is 29.8 Å². The second-order valence-electron chi connectivity index (χ2n) is 5.88. The van der Waals surface area contributed by atoms with Gasteiger partial charge in [0.05, 0.1) is 6.10 Å². The molecule has 0 aromatic heterocycles. The van der Waals surface area contributed by atoms with E-state index < -0.39 is 0 Å². The Labute approximate surface area is 124 Å². The number of carbonyl (C=O) groups excluding carboxylic acids is 1. The summed E-state index contributed by atoms with van der Waals surface area (Å²) in [6.07, 6.45) is 2.39. The summed E-state index contributed by atoms with van der Waals surface area (Å²) in [4.78, 5) is 13.9. The van der Waals surface area contributed by atoms with Gasteiger partial charge in [-0.05, 0) is 49.5 Å². The van der Waals surface area contributed by atoms with E-state index in [1.807, 2.05) is 17.0 Å². The third-order valence-electron chi connectivity index (χ3n) is 4.39. The molecule has 21 heavy (non-hydrogen) atoms. The van der Waals surface area contributed by atoms with E-state index in [-0.39, 0.29) is 24.4 Å². The molecule has 2 heterocycles. The van der Waals surface area contributed by atoms with Crippen LogP contribution in [0.5, 0.6) is 5.75 Å². The fourth-order valence-electron chi connectivity index (χ4n) is 3.12. The number of ether oxygens (including phenoxy) is 1. The molecule has 0 aliphatic carbocycles. The third-order valence-corrected chi connectivity index (χ3v) is 4.39. The van der Waals surface area contributed by atoms with Crippen LogP contribution in [0.1, 0.15) is 18.4 Å². The molecule has 1 unspecified atom stereocenters. The lowest BCUT2D eigenvalue weighted by atomic mass is 9.91. The summed E-state index contributed by atoms with van der Waals surface area (Å²) < 4.78 is 5.76. The molecule has 2 aliphatic rings. The molecular formula is C16H22N2O3. The molecule has 2 saturated heterocycles. The first-order chi connectivity index (χ1) is 10.2. The van der Waals surface area contributed by atoms with Crippen molar-refractivity contribution in [2.75, 3.05) is 26.2 Å². The first kappa shape index (κ1) is 14.4. The zero-order chi connectivity index (χ0) is 14.7. The van der Waals surface area contributed by atoms with Crippen molar-refractivity contribution in [1.82, 2.24) is 10.2 Å². The Morgan fingerprint density at radius 2 is 1.95 bits per heavy atom. The minimum absolute atomic E-state index is 0.0493. The number of phenols is 1. The minimum atomic E-state index is 0.0493. The zero-order valence-corrected chi connectivity index (χ0v) is 12.1. The van der Waals surface area contributed by atoms with Gasteiger partial charge >= 0.3 is 0 Å². The highest BCUT2D eigenvalue weighted by atomic mass is 16.5. The maximum atomic E-state index is 12.0. The van der Waals surface area contributed by atoms with Gasteiger partial charge in [0.25, 0.3) is 0 Å². The molecule has 0 saturated carbocycles. The maximum Gasteiger partial charge on any atom is 0.248 e. The molecule has 1 amide bonds. The number of benzene rings is 1. The first-order valence-corrected chi connectivity index (χ1v) is 7.60. The Hall–Kier alpha value is -1.59. The summed E-state index contributed by atoms with van der Waals surface area (Å²) in [5.74, 6) is 0.842. The van der Waals surface area contributed by atoms with Gasteiger partial charge in [0.2, 0.25) is 5.91 Å². The largest absolute Gasteiger partial charge is 0.508 e. The molecule has 0 spiro atoms. The number of hydrogen-bond acceptors (Lipinski definition) is 4. The average Bonchev–Trinajstić information content (AvgIpc) is 2.52. The van der Waals surface area contributed by atoms with E-state index in [0.717, 1.165) is 31.5 Å². The average molecular weight is 290 g/mol. The van der Waals surface area contributed by atoms with Crippen molar-refractivity contribution in [2.24, 2.45) is 5.92 Å². The monoisotopic (exact) mass is 290 g/mol. The standard InChI is InChI=1S/C16H22N2O3/c19-14-3-1-12(2-4-14)9-18-10-15(21-11-16(18)20)13-5-7-17-8-6-13/h1-4,13,15,17,19H,5-11H2. The van der Waals surface area contributed by atoms with Crippen LogP contribution in [-0.4, -0.2) is 48.3 Å². The van der Waals surface area contributed by atoms with Crippen LogP contribution in [-0.2, 0) is 16.1 Å². The van der Waals surface area contributed by atoms with Gasteiger partial charge in [0.1, 0.15) is 12.4 Å². The first-order valence-electron chi connectivity index (χ1n) is 7.60. The SMILES string of the molecule is O=C1COC(C2CCNCC2)CN1Cc1ccc(O)cc1. The van der Waals surface area contributed by atoms with Crippen molar-refractivity contribution >= 4 is 5.91 Å². The van der Waals surface area contributed by atoms with Crippen molar-refractivity contribution in [3.8, 4) is 5.75 Å². The van der Waals surface area contributed by atoms with Crippen LogP contribution < -0.4 is 5.32 Å². The van der Waals surface area contributed by atoms with Crippen LogP contribution in [0, 0.1) is 5.92 Å². The summed E-state index contributed by atoms with van der Waals surface area (Å²) >= 11 is 0. The van der Waals surface area contributed by atoms with E-state index in [0.29, 0.717) is 19.0 Å². The summed E-state index contributed by atoms with van der Waals surface area (Å²) in [5, 5.41) is 12.7. The van der Waals surface area contributed by atoms with Crippen molar-refractivity contribution in [3.63, 3.8) is 0 Å². The summed E-state index contributed by atoms with van der Waals surface area (Å²) in [6, 6.07) is 7.03. The zero-order valence-electron chi connectivity index (χ0n) is 12.1. The molecule has 5 nitrogen and oxygen atoms in total. The lowest BCUT2D eigenvalue weighted by Gasteiger charge is -2.38. The van der Waals surface area contributed by atoms with E-state index in [2.05, 4.69) is 5.32 Å². The fourth-order valence-corrected chi connectivity index (χ4v) is 3.12. The lowest BCUT2D eigenvalue weighted by Crippen LogP contribution is -2.50. The number of nitrogens with one attached hydrogen (secondary N) is 1. The van der Waals surface area contributed by atoms with Crippen LogP contribution in [0.2, 0.25) is 0 Å². The van der Waals surface area contributed by atoms with Crippen molar-refractivity contribution in [1.29, 1.82) is 0 Å². The van der Waals surface area contributed by atoms with Gasteiger partial charge in [-0.3, -0.25) is 4.79 Å². The second-order valence-corrected chi connectivity index (χ2v) is 5.88. The summed E-state index contributed by atoms with van der Waals surface area (Å²) in [6.45, 7) is 3.52. The molecule has 0 bridgehead atoms. The fraction of sp³-hybridized carbons (Fsp3) is 0.562. The van der Waals surface area contributed by atoms with Gasteiger partial charge in [-0.15, -0.1) is 0 Å². The van der Waals surface area contributed by atoms with Crippen LogP contribution in [0.25, 0.3) is 0 Å². The molecule has 1 aromatic rings. The van der Waals surface area contributed by atoms with Gasteiger partial charge < -0.3 is 20.1 Å². The number of piperidine rings is 1. The number of rotatable bonds is 3. The van der Waals surface area contributed by atoms with E-state index in [1.54, 1.807) is 12.1 Å². The normalized spacial score (nSPS) is 24.3. The predicted octanol–water partition coefficient (Wildman–Crippen LogP) is 1.12. The summed E-state index contributed by atoms with van der Waals surface area (Å²) in [5.41, 5.74) is 1.03. The van der Waals surface area contributed by atoms with E-state index >= 15 is 0 Å². The van der Waals surface area contributed by atoms with Gasteiger partial charge in [-0.2, -0.15) is 0 Å². The number of aromatic hydroxyl groups is 1. The molecule has 1 aromatic carbocycles. The molecular weight excluding hydrogens is 268 g/mol. The molecule has 2 fully saturated rings. The van der Waals surface area contributed by atoms with E-state index in [1.165, 1.54) is 0 Å². The number of amides is 1. The highest BCUT2D eigenvalue weighted by molar-refractivity contribution is 5.78. The molecule has 2 aliphatic heterocycles. The van der Waals surface area contributed by atoms with Crippen LogP contribution in [0.15, 0.2) is 24.3 Å². The number of nitrogens with zero attached hydrogens (tertiary/aromatic N) is 1. The number of carbonyl (C=O) groups is 1. The van der Waals surface area contributed by atoms with E-state index in [4.69, 9.17) is 4.74 Å². The summed E-state index contributed by atoms with van der Waals surface area (Å²) in [7, 11) is 0. The smallest absolute Gasteiger partial charge is 0.248 e. The Balaban J connectivity index is 1.62. The minimum Gasteiger partial charge on any atom is -0.508 e. The Morgan fingerprint density at radius 3 is 2.67 bits per heavy atom. The number of morpholine rings is 1. The predicted molar refractivity (Wildman–Crippen MR) is 78.9 cm³/mol. The molecule has 5 heteroatoms. The van der Waals surface area contributed by atoms with Crippen LogP contribution >= 0.6 is 0 Å². The Kier molecular flexibility index (Phi) is 4.41. The highest BCUT2D eigenvalue weighted by Crippen LogP contribution is 2.23. The second kappa shape index (κ2) is 6.45. The molecule has 3 rings (SSSR count). The van der Waals surface area contributed by atoms with Gasteiger partial charge in [0.15, 0.2) is 0 Å². The van der Waals surface area contributed by atoms with Gasteiger partial charge in [0, 0.05) is 13.1 Å². The molecule has 114 valence electrons. The topological polar surface area (TPSA) is 61.8 Å². The number of phenolic OH excluding ortho intramolecular Hbond substituents is 1. The molecule has 2 N–H and O–H groups in total. The Morgan fingerprint density at radius 1 is 1.24 bits per heavy atom. The van der Waals surface area contributed by atoms with Crippen molar-refractivity contribution in [2.45, 2.75) is 25.5 Å². The van der Waals surface area contributed by atoms with Gasteiger partial charge in [-0.25, -0.2) is 0 Å². The van der Waals surface area contributed by atoms with Gasteiger partial charge in [-0.1, -0.05) is 12.1 Å². The quantitative estimate of drug-likeness (QED) is 0.876. The van der Waals surface area contributed by atoms with E-state index in [9.17, 15) is 9.90 Å². The Bertz CT molecular complexity index is 483. The third kappa shape index (κ3) is 3.54. The maximum absolute atomic E-state index is 12.0. The molecule has 0 radical (unpaired) electrons. The van der Waals surface area contributed by atoms with Crippen molar-refractivity contribution < 1.29 is 14.6 Å². The lowest BCUT2D eigenvalue weighted by molar-refractivity contribution is -0.153. The highest BCUT2D eigenvalue weighted by Gasteiger charge is 2.32.